The maximum Gasteiger partial charge on any atom is 0.408 e. The van der Waals surface area contributed by atoms with Crippen molar-refractivity contribution in [1.29, 1.82) is 0 Å². The Morgan fingerprint density at radius 2 is 2.00 bits per heavy atom. The van der Waals surface area contributed by atoms with E-state index in [0.717, 1.165) is 29.9 Å². The lowest BCUT2D eigenvalue weighted by molar-refractivity contribution is -0.156. The number of nitrogens with zero attached hydrogens (tertiary/aromatic N) is 2. The highest BCUT2D eigenvalue weighted by atomic mass is 32.2. The summed E-state index contributed by atoms with van der Waals surface area (Å²) in [5, 5.41) is 2.86. The van der Waals surface area contributed by atoms with E-state index < -0.39 is 38.5 Å². The van der Waals surface area contributed by atoms with Gasteiger partial charge in [0.1, 0.15) is 22.6 Å². The lowest BCUT2D eigenvalue weighted by atomic mass is 9.85. The van der Waals surface area contributed by atoms with Gasteiger partial charge in [-0.2, -0.15) is 21.6 Å². The van der Waals surface area contributed by atoms with Gasteiger partial charge in [0.15, 0.2) is 0 Å². The van der Waals surface area contributed by atoms with Gasteiger partial charge in [-0.3, -0.25) is 0 Å². The molecule has 2 atom stereocenters. The summed E-state index contributed by atoms with van der Waals surface area (Å²) in [4.78, 5) is 0.559. The molecule has 0 spiro atoms. The number of hydrogen-bond donors (Lipinski definition) is 2. The Morgan fingerprint density at radius 3 is 2.61 bits per heavy atom. The quantitative estimate of drug-likeness (QED) is 0.719. The van der Waals surface area contributed by atoms with Crippen molar-refractivity contribution in [3.05, 3.63) is 17.9 Å². The van der Waals surface area contributed by atoms with Gasteiger partial charge < -0.3 is 16.0 Å². The first kappa shape index (κ1) is 19.4. The van der Waals surface area contributed by atoms with E-state index in [1.54, 1.807) is 6.92 Å². The third-order valence-electron chi connectivity index (χ3n) is 5.41. The van der Waals surface area contributed by atoms with E-state index in [2.05, 4.69) is 9.71 Å². The van der Waals surface area contributed by atoms with Crippen molar-refractivity contribution in [3.8, 4) is 0 Å². The van der Waals surface area contributed by atoms with Gasteiger partial charge in [0.05, 0.1) is 11.4 Å². The average molecular weight is 420 g/mol. The fourth-order valence-electron chi connectivity index (χ4n) is 3.75. The Morgan fingerprint density at radius 1 is 1.32 bits per heavy atom. The van der Waals surface area contributed by atoms with Crippen molar-refractivity contribution in [1.82, 2.24) is 0 Å². The summed E-state index contributed by atoms with van der Waals surface area (Å²) in [5.41, 5.74) is 4.75. The molecule has 1 saturated carbocycles. The molecule has 2 fully saturated rings. The van der Waals surface area contributed by atoms with Gasteiger partial charge in [-0.15, -0.1) is 4.40 Å². The van der Waals surface area contributed by atoms with Gasteiger partial charge >= 0.3 is 6.18 Å². The number of rotatable bonds is 2. The molecule has 2 aliphatic heterocycles. The highest BCUT2D eigenvalue weighted by Crippen LogP contribution is 2.45. The zero-order valence-corrected chi connectivity index (χ0v) is 15.9. The minimum atomic E-state index is -4.61. The minimum absolute atomic E-state index is 0.0480. The molecule has 11 heteroatoms. The van der Waals surface area contributed by atoms with Crippen LogP contribution in [0.25, 0.3) is 0 Å². The molecule has 154 valence electrons. The first-order valence-electron chi connectivity index (χ1n) is 8.95. The van der Waals surface area contributed by atoms with Crippen LogP contribution in [0.2, 0.25) is 0 Å². The lowest BCUT2D eigenvalue weighted by Crippen LogP contribution is -2.58. The van der Waals surface area contributed by atoms with Gasteiger partial charge in [0.2, 0.25) is 0 Å². The highest BCUT2D eigenvalue weighted by molar-refractivity contribution is 7.90. The molecule has 3 aliphatic rings. The molecular formula is C17H20F4N4O2S. The number of fused-ring (bicyclic) bond motifs is 1. The maximum absolute atomic E-state index is 14.2. The Balaban J connectivity index is 1.84. The number of anilines is 2. The lowest BCUT2D eigenvalue weighted by Gasteiger charge is -2.45. The summed E-state index contributed by atoms with van der Waals surface area (Å²) in [7, 11) is -4.20. The number of hydrogen-bond acceptors (Lipinski definition) is 5. The highest BCUT2D eigenvalue weighted by Gasteiger charge is 2.50. The zero-order chi connectivity index (χ0) is 20.5. The monoisotopic (exact) mass is 420 g/mol. The predicted octanol–water partition coefficient (Wildman–Crippen LogP) is 3.00. The molecule has 0 radical (unpaired) electrons. The summed E-state index contributed by atoms with van der Waals surface area (Å²) < 4.78 is 84.3. The van der Waals surface area contributed by atoms with Gasteiger partial charge in [-0.1, -0.05) is 0 Å². The first-order chi connectivity index (χ1) is 12.9. The second-order valence-electron chi connectivity index (χ2n) is 8.01. The number of benzene rings is 1. The van der Waals surface area contributed by atoms with Crippen LogP contribution in [0.15, 0.2) is 21.4 Å². The third-order valence-corrected chi connectivity index (χ3v) is 6.72. The van der Waals surface area contributed by atoms with Crippen LogP contribution in [0.4, 0.5) is 28.9 Å². The largest absolute Gasteiger partial charge is 0.408 e. The topological polar surface area (TPSA) is 87.8 Å². The Kier molecular flexibility index (Phi) is 4.20. The summed E-state index contributed by atoms with van der Waals surface area (Å²) >= 11 is 0. The Hall–Kier alpha value is -1.88. The summed E-state index contributed by atoms with van der Waals surface area (Å²) in [5.74, 6) is -0.816. The summed E-state index contributed by atoms with van der Waals surface area (Å²) in [6.45, 7) is 1.47. The normalized spacial score (nSPS) is 29.7. The molecule has 1 aromatic rings. The van der Waals surface area contributed by atoms with Crippen molar-refractivity contribution < 1.29 is 26.0 Å². The average Bonchev–Trinajstić information content (AvgIpc) is 3.38. The molecule has 6 nitrogen and oxygen atoms in total. The van der Waals surface area contributed by atoms with Gasteiger partial charge in [-0.05, 0) is 44.7 Å². The molecule has 0 bridgehead atoms. The van der Waals surface area contributed by atoms with E-state index in [4.69, 9.17) is 5.73 Å². The van der Waals surface area contributed by atoms with Crippen molar-refractivity contribution in [3.63, 3.8) is 0 Å². The van der Waals surface area contributed by atoms with Crippen molar-refractivity contribution >= 4 is 27.2 Å². The number of halogens is 4. The van der Waals surface area contributed by atoms with Crippen LogP contribution >= 0.6 is 0 Å². The number of alkyl halides is 3. The summed E-state index contributed by atoms with van der Waals surface area (Å²) in [6, 6.07) is -0.224. The molecular weight excluding hydrogens is 400 g/mol. The van der Waals surface area contributed by atoms with Crippen LogP contribution in [0, 0.1) is 11.7 Å². The van der Waals surface area contributed by atoms with E-state index in [0.29, 0.717) is 0 Å². The van der Waals surface area contributed by atoms with E-state index >= 15 is 0 Å². The van der Waals surface area contributed by atoms with Crippen LogP contribution in [0.3, 0.4) is 0 Å². The van der Waals surface area contributed by atoms with Crippen molar-refractivity contribution in [2.24, 2.45) is 16.0 Å². The van der Waals surface area contributed by atoms with E-state index in [1.165, 1.54) is 0 Å². The Labute approximate surface area is 159 Å². The van der Waals surface area contributed by atoms with E-state index in [9.17, 15) is 26.0 Å². The van der Waals surface area contributed by atoms with Gasteiger partial charge in [-0.25, -0.2) is 4.39 Å². The fraction of sp³-hybridized carbons (Fsp3) is 0.588. The molecule has 4 rings (SSSR count). The molecule has 1 saturated heterocycles. The molecule has 1 aromatic carbocycles. The molecule has 2 heterocycles. The second kappa shape index (κ2) is 6.06. The fourth-order valence-corrected chi connectivity index (χ4v) is 4.98. The molecule has 1 aliphatic carbocycles. The summed E-state index contributed by atoms with van der Waals surface area (Å²) in [6.07, 6.45) is -3.25. The van der Waals surface area contributed by atoms with E-state index in [1.807, 2.05) is 0 Å². The van der Waals surface area contributed by atoms with Crippen molar-refractivity contribution in [2.45, 2.75) is 55.3 Å². The number of nitrogens with two attached hydrogens (primary N) is 1. The van der Waals surface area contributed by atoms with Crippen molar-refractivity contribution in [2.75, 3.05) is 16.8 Å². The zero-order valence-electron chi connectivity index (χ0n) is 15.1. The number of amidine groups is 1. The number of piperidine rings is 1. The number of nitrogens with one attached hydrogen (secondary N) is 1. The van der Waals surface area contributed by atoms with Crippen LogP contribution in [0.5, 0.6) is 0 Å². The molecule has 0 unspecified atom stereocenters. The minimum Gasteiger partial charge on any atom is -0.358 e. The van der Waals surface area contributed by atoms with Crippen LogP contribution in [0.1, 0.15) is 32.6 Å². The van der Waals surface area contributed by atoms with Gasteiger partial charge in [0.25, 0.3) is 10.0 Å². The van der Waals surface area contributed by atoms with E-state index in [-0.39, 0.29) is 42.5 Å². The van der Waals surface area contributed by atoms with Crippen LogP contribution in [-0.4, -0.2) is 38.6 Å². The first-order valence-corrected chi connectivity index (χ1v) is 10.4. The van der Waals surface area contributed by atoms with Crippen LogP contribution < -0.4 is 16.0 Å². The standard InChI is InChI=1S/C17H20F4N4O2S/c1-16(22)4-5-25(13(8-16)17(19,20)21)11-6-10(18)7-12-14(11)23-15(9-2-3-9)24-28(12,26)27/h6-7,9,13H,2-5,8,22H2,1H3,(H,23,24)/t13-,16-/m1/s1. The van der Waals surface area contributed by atoms with Crippen LogP contribution in [-0.2, 0) is 10.0 Å². The number of sulfonamides is 1. The molecule has 0 amide bonds. The SMILES string of the molecule is C[C@@]1(N)CCN(c2cc(F)cc3c2NC(C2CC2)=NS3(=O)=O)[C@@H](C(F)(F)F)C1. The maximum atomic E-state index is 14.2. The van der Waals surface area contributed by atoms with Gasteiger partial charge in [0, 0.05) is 18.0 Å². The smallest absolute Gasteiger partial charge is 0.358 e. The predicted molar refractivity (Wildman–Crippen MR) is 96.4 cm³/mol. The molecule has 0 aromatic heterocycles. The molecule has 28 heavy (non-hydrogen) atoms. The second-order valence-corrected chi connectivity index (χ2v) is 9.58. The Bertz CT molecular complexity index is 955. The third kappa shape index (κ3) is 3.45. The molecule has 3 N–H and O–H groups in total.